The fraction of sp³-hybridized carbons (Fsp3) is 0.929. The largest absolute Gasteiger partial charge is 0.370 e. The van der Waals surface area contributed by atoms with Crippen LogP contribution in [0.2, 0.25) is 0 Å². The van der Waals surface area contributed by atoms with Gasteiger partial charge >= 0.3 is 0 Å². The summed E-state index contributed by atoms with van der Waals surface area (Å²) < 4.78 is 0. The molecule has 0 bridgehead atoms. The van der Waals surface area contributed by atoms with E-state index in [1.165, 1.54) is 58.0 Å². The second-order valence-electron chi connectivity index (χ2n) is 6.21. The van der Waals surface area contributed by atoms with Crippen molar-refractivity contribution in [2.24, 2.45) is 10.7 Å². The zero-order valence-corrected chi connectivity index (χ0v) is 14.3. The van der Waals surface area contributed by atoms with E-state index < -0.39 is 0 Å². The predicted molar refractivity (Wildman–Crippen MR) is 90.1 cm³/mol. The van der Waals surface area contributed by atoms with Gasteiger partial charge in [0, 0.05) is 19.1 Å². The highest BCUT2D eigenvalue weighted by Gasteiger charge is 2.35. The fourth-order valence-corrected chi connectivity index (χ4v) is 3.17. The minimum atomic E-state index is 0. The molecule has 3 rings (SSSR count). The molecule has 3 aliphatic rings. The first kappa shape index (κ1) is 15.4. The van der Waals surface area contributed by atoms with Gasteiger partial charge in [-0.3, -0.25) is 0 Å². The molecule has 0 unspecified atom stereocenters. The van der Waals surface area contributed by atoms with Crippen LogP contribution in [0.15, 0.2) is 4.99 Å². The van der Waals surface area contributed by atoms with Gasteiger partial charge in [-0.1, -0.05) is 6.42 Å². The van der Waals surface area contributed by atoms with Crippen LogP contribution < -0.4 is 5.73 Å². The average molecular weight is 378 g/mol. The van der Waals surface area contributed by atoms with E-state index in [4.69, 9.17) is 5.73 Å². The van der Waals surface area contributed by atoms with Gasteiger partial charge in [0.2, 0.25) is 0 Å². The monoisotopic (exact) mass is 378 g/mol. The van der Waals surface area contributed by atoms with Crippen LogP contribution in [0.4, 0.5) is 0 Å². The van der Waals surface area contributed by atoms with Crippen LogP contribution in [0.1, 0.15) is 44.9 Å². The summed E-state index contributed by atoms with van der Waals surface area (Å²) in [6.07, 6.45) is 9.21. The Morgan fingerprint density at radius 2 is 1.79 bits per heavy atom. The van der Waals surface area contributed by atoms with E-state index in [-0.39, 0.29) is 24.0 Å². The van der Waals surface area contributed by atoms with E-state index in [1.54, 1.807) is 0 Å². The molecule has 110 valence electrons. The van der Waals surface area contributed by atoms with Gasteiger partial charge in [0.05, 0.1) is 6.04 Å². The van der Waals surface area contributed by atoms with Gasteiger partial charge in [-0.15, -0.1) is 24.0 Å². The lowest BCUT2D eigenvalue weighted by molar-refractivity contribution is 0.0909. The number of hydrogen-bond donors (Lipinski definition) is 1. The third-order valence-corrected chi connectivity index (χ3v) is 4.77. The highest BCUT2D eigenvalue weighted by Crippen LogP contribution is 2.31. The second kappa shape index (κ2) is 6.61. The summed E-state index contributed by atoms with van der Waals surface area (Å²) in [5.41, 5.74) is 6.05. The molecular formula is C14H27IN4. The summed E-state index contributed by atoms with van der Waals surface area (Å²) in [6.45, 7) is 2.61. The molecule has 1 heterocycles. The van der Waals surface area contributed by atoms with Crippen LogP contribution in [-0.4, -0.2) is 54.0 Å². The Hall–Kier alpha value is -0.0400. The molecule has 0 aromatic rings. The van der Waals surface area contributed by atoms with Gasteiger partial charge in [0.25, 0.3) is 0 Å². The van der Waals surface area contributed by atoms with Crippen molar-refractivity contribution in [3.8, 4) is 0 Å². The third-order valence-electron chi connectivity index (χ3n) is 4.77. The van der Waals surface area contributed by atoms with Crippen molar-refractivity contribution >= 4 is 29.9 Å². The highest BCUT2D eigenvalue weighted by atomic mass is 127. The lowest BCUT2D eigenvalue weighted by atomic mass is 9.85. The van der Waals surface area contributed by atoms with Crippen molar-refractivity contribution in [3.05, 3.63) is 0 Å². The quantitative estimate of drug-likeness (QED) is 0.464. The first-order valence-electron chi connectivity index (χ1n) is 7.54. The van der Waals surface area contributed by atoms with E-state index in [0.717, 1.165) is 12.0 Å². The summed E-state index contributed by atoms with van der Waals surface area (Å²) >= 11 is 0. The van der Waals surface area contributed by atoms with Crippen molar-refractivity contribution in [1.82, 2.24) is 9.80 Å². The zero-order valence-electron chi connectivity index (χ0n) is 11.9. The summed E-state index contributed by atoms with van der Waals surface area (Å²) in [7, 11) is 2.08. The molecular weight excluding hydrogens is 351 g/mol. The van der Waals surface area contributed by atoms with Gasteiger partial charge < -0.3 is 15.5 Å². The van der Waals surface area contributed by atoms with Crippen molar-refractivity contribution in [3.63, 3.8) is 0 Å². The van der Waals surface area contributed by atoms with Crippen LogP contribution in [0, 0.1) is 0 Å². The van der Waals surface area contributed by atoms with Crippen molar-refractivity contribution < 1.29 is 0 Å². The SMILES string of the molecule is CN(C(N)=NC1CC(N2CCCCC2)C1)C1CC1.I. The Balaban J connectivity index is 0.00000133. The van der Waals surface area contributed by atoms with E-state index in [2.05, 4.69) is 21.8 Å². The van der Waals surface area contributed by atoms with Crippen LogP contribution in [0.25, 0.3) is 0 Å². The molecule has 2 saturated carbocycles. The molecule has 19 heavy (non-hydrogen) atoms. The molecule has 5 heteroatoms. The molecule has 4 nitrogen and oxygen atoms in total. The smallest absolute Gasteiger partial charge is 0.191 e. The second-order valence-corrected chi connectivity index (χ2v) is 6.21. The predicted octanol–water partition coefficient (Wildman–Crippen LogP) is 2.03. The lowest BCUT2D eigenvalue weighted by Crippen LogP contribution is -2.49. The molecule has 0 amide bonds. The number of nitrogens with zero attached hydrogens (tertiary/aromatic N) is 3. The summed E-state index contributed by atoms with van der Waals surface area (Å²) in [5.74, 6) is 0.764. The molecule has 1 saturated heterocycles. The van der Waals surface area contributed by atoms with E-state index in [9.17, 15) is 0 Å². The minimum Gasteiger partial charge on any atom is -0.370 e. The molecule has 0 aromatic heterocycles. The number of nitrogens with two attached hydrogens (primary N) is 1. The maximum Gasteiger partial charge on any atom is 0.191 e. The minimum absolute atomic E-state index is 0. The Morgan fingerprint density at radius 3 is 2.37 bits per heavy atom. The number of halogens is 1. The summed E-state index contributed by atoms with van der Waals surface area (Å²) in [5, 5.41) is 0. The molecule has 3 fully saturated rings. The maximum absolute atomic E-state index is 6.05. The number of guanidine groups is 1. The van der Waals surface area contributed by atoms with Gasteiger partial charge in [0.15, 0.2) is 5.96 Å². The van der Waals surface area contributed by atoms with E-state index >= 15 is 0 Å². The number of aliphatic imine (C=N–C) groups is 1. The van der Waals surface area contributed by atoms with Crippen LogP contribution in [-0.2, 0) is 0 Å². The molecule has 0 atom stereocenters. The van der Waals surface area contributed by atoms with Crippen molar-refractivity contribution in [2.75, 3.05) is 20.1 Å². The van der Waals surface area contributed by atoms with Crippen LogP contribution in [0.5, 0.6) is 0 Å². The normalized spacial score (nSPS) is 32.4. The zero-order chi connectivity index (χ0) is 12.5. The Bertz CT molecular complexity index is 317. The van der Waals surface area contributed by atoms with Crippen LogP contribution >= 0.6 is 24.0 Å². The lowest BCUT2D eigenvalue weighted by Gasteiger charge is -2.43. The van der Waals surface area contributed by atoms with E-state index in [1.807, 2.05) is 0 Å². The molecule has 0 radical (unpaired) electrons. The van der Waals surface area contributed by atoms with Crippen molar-refractivity contribution in [2.45, 2.75) is 63.1 Å². The van der Waals surface area contributed by atoms with Crippen molar-refractivity contribution in [1.29, 1.82) is 0 Å². The number of rotatable bonds is 3. The number of likely N-dealkylation sites (tertiary alicyclic amines) is 1. The first-order valence-corrected chi connectivity index (χ1v) is 7.54. The molecule has 2 aliphatic carbocycles. The van der Waals surface area contributed by atoms with Gasteiger partial charge in [-0.05, 0) is 51.6 Å². The number of piperidine rings is 1. The van der Waals surface area contributed by atoms with Gasteiger partial charge in [0.1, 0.15) is 0 Å². The van der Waals surface area contributed by atoms with Crippen LogP contribution in [0.3, 0.4) is 0 Å². The Labute approximate surface area is 133 Å². The topological polar surface area (TPSA) is 44.9 Å². The Morgan fingerprint density at radius 1 is 1.16 bits per heavy atom. The standard InChI is InChI=1S/C14H26N4.HI/c1-17(12-5-6-12)14(15)16-11-9-13(10-11)18-7-3-2-4-8-18;/h11-13H,2-10H2,1H3,(H2,15,16);1H. The van der Waals surface area contributed by atoms with Gasteiger partial charge in [-0.2, -0.15) is 0 Å². The third kappa shape index (κ3) is 3.74. The summed E-state index contributed by atoms with van der Waals surface area (Å²) in [6, 6.07) is 1.95. The molecule has 1 aliphatic heterocycles. The molecule has 0 spiro atoms. The first-order chi connectivity index (χ1) is 8.74. The average Bonchev–Trinajstić information content (AvgIpc) is 3.17. The van der Waals surface area contributed by atoms with E-state index in [0.29, 0.717) is 12.1 Å². The maximum atomic E-state index is 6.05. The summed E-state index contributed by atoms with van der Waals surface area (Å²) in [4.78, 5) is 9.51. The molecule has 0 aromatic carbocycles. The van der Waals surface area contributed by atoms with Gasteiger partial charge in [-0.25, -0.2) is 4.99 Å². The number of hydrogen-bond acceptors (Lipinski definition) is 2. The fourth-order valence-electron chi connectivity index (χ4n) is 3.17. The Kier molecular flexibility index (Phi) is 5.34. The highest BCUT2D eigenvalue weighted by molar-refractivity contribution is 14.0. The molecule has 2 N–H and O–H groups in total.